The van der Waals surface area contributed by atoms with Crippen molar-refractivity contribution in [2.45, 2.75) is 37.9 Å². The van der Waals surface area contributed by atoms with Crippen LogP contribution >= 0.6 is 0 Å². The molecule has 5 heterocycles. The molecule has 0 aliphatic carbocycles. The second-order valence-corrected chi connectivity index (χ2v) is 9.21. The highest BCUT2D eigenvalue weighted by Gasteiger charge is 2.51. The van der Waals surface area contributed by atoms with Crippen molar-refractivity contribution in [2.24, 2.45) is 4.99 Å². The maximum Gasteiger partial charge on any atom is 0.433 e. The summed E-state index contributed by atoms with van der Waals surface area (Å²) in [6.45, 7) is 1.55. The van der Waals surface area contributed by atoms with Crippen LogP contribution in [0.3, 0.4) is 0 Å². The molecule has 1 saturated heterocycles. The number of likely N-dealkylation sites (N-methyl/N-ethyl adjacent to an activating group) is 1. The number of hydrogen-bond acceptors (Lipinski definition) is 8. The number of alkyl halides is 3. The van der Waals surface area contributed by atoms with E-state index in [1.807, 2.05) is 0 Å². The highest BCUT2D eigenvalue weighted by Crippen LogP contribution is 2.30. The minimum atomic E-state index is -4.56. The molecule has 2 unspecified atom stereocenters. The summed E-state index contributed by atoms with van der Waals surface area (Å²) >= 11 is 0. The molecule has 0 bridgehead atoms. The third-order valence-electron chi connectivity index (χ3n) is 6.63. The first-order chi connectivity index (χ1) is 19.0. The number of anilines is 1. The van der Waals surface area contributed by atoms with E-state index >= 15 is 0 Å². The number of carbonyl (C=O) groups excluding carboxylic acids is 3. The highest BCUT2D eigenvalue weighted by molar-refractivity contribution is 6.03. The van der Waals surface area contributed by atoms with Crippen molar-refractivity contribution in [1.82, 2.24) is 29.7 Å². The van der Waals surface area contributed by atoms with Gasteiger partial charge in [-0.25, -0.2) is 14.8 Å². The third kappa shape index (κ3) is 5.07. The number of halogens is 3. The van der Waals surface area contributed by atoms with Gasteiger partial charge in [0.2, 0.25) is 5.91 Å². The summed E-state index contributed by atoms with van der Waals surface area (Å²) in [5.41, 5.74) is 0.146. The van der Waals surface area contributed by atoms with Crippen molar-refractivity contribution in [3.05, 3.63) is 72.3 Å². The zero-order chi connectivity index (χ0) is 28.6. The van der Waals surface area contributed by atoms with Crippen LogP contribution in [0.4, 0.5) is 23.8 Å². The van der Waals surface area contributed by atoms with E-state index in [0.29, 0.717) is 17.0 Å². The van der Waals surface area contributed by atoms with Gasteiger partial charge in [-0.2, -0.15) is 13.2 Å². The molecular weight excluding hydrogens is 529 g/mol. The lowest BCUT2D eigenvalue weighted by molar-refractivity contribution is -0.141. The van der Waals surface area contributed by atoms with Gasteiger partial charge in [0, 0.05) is 25.0 Å². The normalized spacial score (nSPS) is 19.6. The molecule has 2 aliphatic rings. The van der Waals surface area contributed by atoms with Gasteiger partial charge in [-0.1, -0.05) is 12.1 Å². The Morgan fingerprint density at radius 3 is 2.55 bits per heavy atom. The van der Waals surface area contributed by atoms with Crippen LogP contribution in [0, 0.1) is 0 Å². The average Bonchev–Trinajstić information content (AvgIpc) is 3.39. The van der Waals surface area contributed by atoms with Crippen molar-refractivity contribution >= 4 is 30.0 Å². The van der Waals surface area contributed by atoms with E-state index in [0.717, 1.165) is 17.2 Å². The van der Waals surface area contributed by atoms with Gasteiger partial charge in [-0.05, 0) is 43.3 Å². The molecule has 0 spiro atoms. The zero-order valence-corrected chi connectivity index (χ0v) is 21.3. The Morgan fingerprint density at radius 2 is 1.88 bits per heavy atom. The Labute approximate surface area is 226 Å². The molecule has 206 valence electrons. The SMILES string of the molecule is C[C@@H](C(=O)Nc1cccc(-c2ccc(C(F)(F)F)nc2)n1)N1C=NC2C1C(=O)N(Cc1ccccn1)C(=O)N2C. The Morgan fingerprint density at radius 1 is 1.07 bits per heavy atom. The van der Waals surface area contributed by atoms with Gasteiger partial charge >= 0.3 is 12.2 Å². The lowest BCUT2D eigenvalue weighted by Crippen LogP contribution is -2.66. The van der Waals surface area contributed by atoms with Gasteiger partial charge in [-0.3, -0.25) is 24.5 Å². The average molecular weight is 553 g/mol. The maximum absolute atomic E-state index is 13.5. The molecular formula is C26H23F3N8O3. The van der Waals surface area contributed by atoms with Crippen molar-refractivity contribution < 1.29 is 27.6 Å². The van der Waals surface area contributed by atoms with E-state index < -0.39 is 48.0 Å². The molecule has 3 aromatic rings. The van der Waals surface area contributed by atoms with Crippen LogP contribution in [0.5, 0.6) is 0 Å². The van der Waals surface area contributed by atoms with Gasteiger partial charge in [0.15, 0.2) is 12.2 Å². The van der Waals surface area contributed by atoms with E-state index in [9.17, 15) is 27.6 Å². The van der Waals surface area contributed by atoms with E-state index in [1.54, 1.807) is 43.5 Å². The number of pyridine rings is 3. The molecule has 0 saturated carbocycles. The van der Waals surface area contributed by atoms with Crippen molar-refractivity contribution in [2.75, 3.05) is 12.4 Å². The summed E-state index contributed by atoms with van der Waals surface area (Å²) in [6, 6.07) is 9.64. The summed E-state index contributed by atoms with van der Waals surface area (Å²) in [4.78, 5) is 59.8. The number of rotatable bonds is 6. The quantitative estimate of drug-likeness (QED) is 0.499. The first-order valence-corrected chi connectivity index (χ1v) is 12.1. The summed E-state index contributed by atoms with van der Waals surface area (Å²) in [5.74, 6) is -0.863. The molecule has 1 N–H and O–H groups in total. The number of fused-ring (bicyclic) bond motifs is 1. The fraction of sp³-hybridized carbons (Fsp3) is 0.269. The molecule has 11 nitrogen and oxygen atoms in total. The van der Waals surface area contributed by atoms with E-state index in [1.165, 1.54) is 35.3 Å². The molecule has 4 amide bonds. The fourth-order valence-electron chi connectivity index (χ4n) is 4.46. The fourth-order valence-corrected chi connectivity index (χ4v) is 4.46. The van der Waals surface area contributed by atoms with Crippen LogP contribution in [-0.2, 0) is 22.3 Å². The van der Waals surface area contributed by atoms with Gasteiger partial charge in [0.1, 0.15) is 17.6 Å². The van der Waals surface area contributed by atoms with Gasteiger partial charge < -0.3 is 15.1 Å². The number of amides is 4. The monoisotopic (exact) mass is 552 g/mol. The number of hydrogen-bond donors (Lipinski definition) is 1. The number of aromatic nitrogens is 3. The maximum atomic E-state index is 13.5. The number of imide groups is 1. The number of nitrogens with zero attached hydrogens (tertiary/aromatic N) is 7. The minimum absolute atomic E-state index is 0.0317. The van der Waals surface area contributed by atoms with Crippen molar-refractivity contribution in [1.29, 1.82) is 0 Å². The van der Waals surface area contributed by atoms with Crippen LogP contribution < -0.4 is 5.32 Å². The molecule has 2 aliphatic heterocycles. The topological polar surface area (TPSA) is 124 Å². The van der Waals surface area contributed by atoms with Crippen molar-refractivity contribution in [3.63, 3.8) is 0 Å². The summed E-state index contributed by atoms with van der Waals surface area (Å²) in [6.07, 6.45) is -1.36. The van der Waals surface area contributed by atoms with Crippen LogP contribution in [0.1, 0.15) is 18.3 Å². The van der Waals surface area contributed by atoms with Gasteiger partial charge in [-0.15, -0.1) is 0 Å². The Balaban J connectivity index is 1.31. The molecule has 40 heavy (non-hydrogen) atoms. The first kappa shape index (κ1) is 26.7. The summed E-state index contributed by atoms with van der Waals surface area (Å²) < 4.78 is 38.5. The second kappa shape index (κ2) is 10.4. The molecule has 0 radical (unpaired) electrons. The van der Waals surface area contributed by atoms with Crippen LogP contribution in [0.15, 0.2) is 65.9 Å². The first-order valence-electron chi connectivity index (χ1n) is 12.1. The number of urea groups is 1. The van der Waals surface area contributed by atoms with Crippen LogP contribution in [0.2, 0.25) is 0 Å². The predicted octanol–water partition coefficient (Wildman–Crippen LogP) is 3.02. The largest absolute Gasteiger partial charge is 0.433 e. The molecule has 14 heteroatoms. The van der Waals surface area contributed by atoms with Gasteiger partial charge in [0.05, 0.1) is 24.3 Å². The third-order valence-corrected chi connectivity index (χ3v) is 6.63. The number of nitrogens with one attached hydrogen (secondary N) is 1. The van der Waals surface area contributed by atoms with E-state index in [2.05, 4.69) is 25.3 Å². The van der Waals surface area contributed by atoms with E-state index in [4.69, 9.17) is 0 Å². The van der Waals surface area contributed by atoms with Gasteiger partial charge in [0.25, 0.3) is 5.91 Å². The van der Waals surface area contributed by atoms with E-state index in [-0.39, 0.29) is 12.4 Å². The lowest BCUT2D eigenvalue weighted by atomic mass is 10.1. The summed E-state index contributed by atoms with van der Waals surface area (Å²) in [5, 5.41) is 2.68. The molecule has 5 rings (SSSR count). The number of carbonyl (C=O) groups is 3. The standard InChI is InChI=1S/C26H23F3N8O3/c1-15(23(38)34-20-8-5-7-18(33-20)16-9-10-19(31-12-16)26(27,28)29)37-14-32-22-21(37)24(39)36(25(40)35(22)2)13-17-6-3-4-11-30-17/h3-12,14-15,21-22H,13H2,1-2H3,(H,33,34,38)/t15-,21?,22?/m0/s1. The molecule has 3 atom stereocenters. The van der Waals surface area contributed by atoms with Crippen LogP contribution in [0.25, 0.3) is 11.3 Å². The molecule has 3 aromatic heterocycles. The Kier molecular flexibility index (Phi) is 6.92. The summed E-state index contributed by atoms with van der Waals surface area (Å²) in [7, 11) is 1.54. The highest BCUT2D eigenvalue weighted by atomic mass is 19.4. The minimum Gasteiger partial charge on any atom is -0.335 e. The zero-order valence-electron chi connectivity index (χ0n) is 21.3. The predicted molar refractivity (Wildman–Crippen MR) is 136 cm³/mol. The molecule has 1 fully saturated rings. The number of aliphatic imine (C=N–C) groups is 1. The Hall–Kier alpha value is -4.88. The van der Waals surface area contributed by atoms with Crippen molar-refractivity contribution in [3.8, 4) is 11.3 Å². The van der Waals surface area contributed by atoms with Crippen LogP contribution in [-0.4, -0.2) is 79.1 Å². The Bertz CT molecular complexity index is 1470. The smallest absolute Gasteiger partial charge is 0.335 e. The lowest BCUT2D eigenvalue weighted by Gasteiger charge is -2.42. The second-order valence-electron chi connectivity index (χ2n) is 9.21. The molecule has 0 aromatic carbocycles.